The molecule has 23 aromatic rings. The predicted molar refractivity (Wildman–Crippen MR) is 453 cm³/mol. The first-order valence-corrected chi connectivity index (χ1v) is 37.1. The molecule has 17 aromatic carbocycles. The molecular weight excluding hydrogens is 1310 g/mol. The number of hydrogen-bond donors (Lipinski definition) is 0. The average Bonchev–Trinajstić information content (AvgIpc) is 1.57. The van der Waals surface area contributed by atoms with Gasteiger partial charge >= 0.3 is 0 Å². The van der Waals surface area contributed by atoms with E-state index >= 15 is 0 Å². The quantitative estimate of drug-likeness (QED) is 0.134. The van der Waals surface area contributed by atoms with Crippen molar-refractivity contribution in [1.29, 1.82) is 0 Å². The molecule has 23 rings (SSSR count). The Labute approximate surface area is 620 Å². The summed E-state index contributed by atoms with van der Waals surface area (Å²) < 4.78 is 19.3. The molecule has 6 heteroatoms. The molecule has 108 heavy (non-hydrogen) atoms. The van der Waals surface area contributed by atoms with E-state index in [1.165, 1.54) is 120 Å². The van der Waals surface area contributed by atoms with Crippen LogP contribution < -0.4 is 0 Å². The van der Waals surface area contributed by atoms with E-state index in [-0.39, 0.29) is 0 Å². The molecule has 0 aliphatic carbocycles. The summed E-state index contributed by atoms with van der Waals surface area (Å²) in [7, 11) is 0. The van der Waals surface area contributed by atoms with Crippen molar-refractivity contribution in [2.24, 2.45) is 0 Å². The molecule has 502 valence electrons. The molecule has 0 bridgehead atoms. The van der Waals surface area contributed by atoms with Crippen molar-refractivity contribution in [3.63, 3.8) is 0 Å². The van der Waals surface area contributed by atoms with Gasteiger partial charge in [-0.1, -0.05) is 237 Å². The van der Waals surface area contributed by atoms with Crippen molar-refractivity contribution in [2.45, 2.75) is 0 Å². The van der Waals surface area contributed by atoms with Crippen molar-refractivity contribution in [3.05, 3.63) is 382 Å². The van der Waals surface area contributed by atoms with Crippen molar-refractivity contribution >= 4 is 131 Å². The molecule has 0 spiro atoms. The van der Waals surface area contributed by atoms with Gasteiger partial charge in [-0.2, -0.15) is 0 Å². The molecule has 0 unspecified atom stereocenters. The number of furan rings is 1. The summed E-state index contributed by atoms with van der Waals surface area (Å²) in [4.78, 5) is 0. The second kappa shape index (κ2) is 23.5. The van der Waals surface area contributed by atoms with Gasteiger partial charge in [-0.15, -0.1) is 0 Å². The fourth-order valence-electron chi connectivity index (χ4n) is 18.0. The SMILES string of the molecule is c1ccc(-c2ccc(-n3c4ccccc4c4cc(-c5ccc6c(c5)c5ccccc5n6-c5ccc6c(c5)c5ccccc5n6-c5cccc(-c6ccc(-n7c8ccccc8c8cc(-c9ccc%10c(c9)c9ccccc9n%10-c9ccc(-c%10ccccc%10)cc9)ccc87)c7oc8ccccc8c67)c5)ccc43)cc2)cc1. The van der Waals surface area contributed by atoms with Gasteiger partial charge in [0.15, 0.2) is 5.58 Å². The van der Waals surface area contributed by atoms with Gasteiger partial charge in [-0.05, 0) is 201 Å². The van der Waals surface area contributed by atoms with Crippen LogP contribution in [0, 0.1) is 0 Å². The number of fused-ring (bicyclic) bond motifs is 18. The maximum Gasteiger partial charge on any atom is 0.160 e. The first-order valence-electron chi connectivity index (χ1n) is 37.1. The van der Waals surface area contributed by atoms with Crippen LogP contribution in [0.25, 0.3) is 215 Å². The number of benzene rings is 17. The number of nitrogens with zero attached hydrogens (tertiary/aromatic N) is 5. The minimum absolute atomic E-state index is 0.844. The number of para-hydroxylation sites is 6. The third-order valence-electron chi connectivity index (χ3n) is 22.9. The molecule has 0 saturated heterocycles. The van der Waals surface area contributed by atoms with E-state index in [1.807, 2.05) is 0 Å². The molecule has 0 aliphatic heterocycles. The van der Waals surface area contributed by atoms with E-state index in [0.29, 0.717) is 0 Å². The largest absolute Gasteiger partial charge is 0.454 e. The van der Waals surface area contributed by atoms with E-state index in [0.717, 1.165) is 94.6 Å². The molecular formula is C102H63N5O. The highest BCUT2D eigenvalue weighted by atomic mass is 16.3. The third-order valence-corrected chi connectivity index (χ3v) is 22.9. The van der Waals surface area contributed by atoms with Gasteiger partial charge in [0.25, 0.3) is 0 Å². The smallest absolute Gasteiger partial charge is 0.160 e. The normalized spacial score (nSPS) is 12.1. The van der Waals surface area contributed by atoms with E-state index in [9.17, 15) is 0 Å². The molecule has 6 nitrogen and oxygen atoms in total. The zero-order valence-electron chi connectivity index (χ0n) is 58.5. The Morgan fingerprint density at radius 1 is 0.167 bits per heavy atom. The van der Waals surface area contributed by atoms with E-state index in [2.05, 4.69) is 405 Å². The van der Waals surface area contributed by atoms with Crippen LogP contribution in [0.1, 0.15) is 0 Å². The van der Waals surface area contributed by atoms with Crippen molar-refractivity contribution in [1.82, 2.24) is 22.8 Å². The lowest BCUT2D eigenvalue weighted by molar-refractivity contribution is 0.666. The first kappa shape index (κ1) is 60.0. The summed E-state index contributed by atoms with van der Waals surface area (Å²) in [5, 5.41) is 14.3. The molecule has 0 N–H and O–H groups in total. The molecule has 0 amide bonds. The maximum absolute atomic E-state index is 7.16. The molecule has 6 aromatic heterocycles. The van der Waals surface area contributed by atoms with Crippen LogP contribution in [-0.2, 0) is 0 Å². The topological polar surface area (TPSA) is 37.8 Å². The fraction of sp³-hybridized carbons (Fsp3) is 0. The summed E-state index contributed by atoms with van der Waals surface area (Å²) in [5.74, 6) is 0. The van der Waals surface area contributed by atoms with Crippen LogP contribution in [0.3, 0.4) is 0 Å². The highest BCUT2D eigenvalue weighted by Gasteiger charge is 2.25. The Morgan fingerprint density at radius 2 is 0.472 bits per heavy atom. The average molecular weight is 1370 g/mol. The lowest BCUT2D eigenvalue weighted by atomic mass is 9.98. The monoisotopic (exact) mass is 1370 g/mol. The Morgan fingerprint density at radius 3 is 0.917 bits per heavy atom. The van der Waals surface area contributed by atoms with Gasteiger partial charge in [-0.25, -0.2) is 0 Å². The molecule has 0 radical (unpaired) electrons. The van der Waals surface area contributed by atoms with Crippen LogP contribution in [0.5, 0.6) is 0 Å². The highest BCUT2D eigenvalue weighted by molar-refractivity contribution is 6.19. The Kier molecular flexibility index (Phi) is 13.1. The summed E-state index contributed by atoms with van der Waals surface area (Å²) >= 11 is 0. The second-order valence-electron chi connectivity index (χ2n) is 28.7. The van der Waals surface area contributed by atoms with Crippen molar-refractivity contribution < 1.29 is 4.42 Å². The van der Waals surface area contributed by atoms with Gasteiger partial charge in [0, 0.05) is 87.4 Å². The molecule has 0 saturated carbocycles. The van der Waals surface area contributed by atoms with Crippen LogP contribution in [0.15, 0.2) is 387 Å². The van der Waals surface area contributed by atoms with Crippen molar-refractivity contribution in [2.75, 3.05) is 0 Å². The lowest BCUT2D eigenvalue weighted by Gasteiger charge is -2.14. The van der Waals surface area contributed by atoms with Gasteiger partial charge in [-0.3, -0.25) is 0 Å². The van der Waals surface area contributed by atoms with E-state index < -0.39 is 0 Å². The minimum atomic E-state index is 0.844. The summed E-state index contributed by atoms with van der Waals surface area (Å²) in [5.41, 5.74) is 30.5. The second-order valence-corrected chi connectivity index (χ2v) is 28.7. The predicted octanol–water partition coefficient (Wildman–Crippen LogP) is 27.4. The van der Waals surface area contributed by atoms with Crippen LogP contribution in [0.2, 0.25) is 0 Å². The maximum atomic E-state index is 7.16. The number of rotatable bonds is 10. The zero-order chi connectivity index (χ0) is 70.7. The lowest BCUT2D eigenvalue weighted by Crippen LogP contribution is -1.97. The van der Waals surface area contributed by atoms with Crippen LogP contribution in [-0.4, -0.2) is 22.8 Å². The van der Waals surface area contributed by atoms with Crippen molar-refractivity contribution in [3.8, 4) is 84.1 Å². The van der Waals surface area contributed by atoms with Gasteiger partial charge in [0.1, 0.15) is 5.58 Å². The molecule has 6 heterocycles. The first-order chi connectivity index (χ1) is 53.6. The van der Waals surface area contributed by atoms with Crippen LogP contribution >= 0.6 is 0 Å². The molecule has 0 fully saturated rings. The summed E-state index contributed by atoms with van der Waals surface area (Å²) in [6.45, 7) is 0. The Bertz CT molecular complexity index is 7650. The van der Waals surface area contributed by atoms with E-state index in [1.54, 1.807) is 0 Å². The van der Waals surface area contributed by atoms with Gasteiger partial charge < -0.3 is 27.3 Å². The number of hydrogen-bond acceptors (Lipinski definition) is 1. The van der Waals surface area contributed by atoms with E-state index in [4.69, 9.17) is 4.42 Å². The molecule has 0 aliphatic rings. The third kappa shape index (κ3) is 9.08. The highest BCUT2D eigenvalue weighted by Crippen LogP contribution is 2.47. The van der Waals surface area contributed by atoms with Gasteiger partial charge in [0.2, 0.25) is 0 Å². The Balaban J connectivity index is 0.604. The zero-order valence-corrected chi connectivity index (χ0v) is 58.5. The van der Waals surface area contributed by atoms with Crippen LogP contribution in [0.4, 0.5) is 0 Å². The fourth-order valence-corrected chi connectivity index (χ4v) is 18.0. The minimum Gasteiger partial charge on any atom is -0.454 e. The Hall–Kier alpha value is -14.5. The summed E-state index contributed by atoms with van der Waals surface area (Å²) in [6, 6.07) is 140. The van der Waals surface area contributed by atoms with Gasteiger partial charge in [0.05, 0.1) is 60.9 Å². The standard InChI is InChI=1S/C102H63N5O/c1-3-20-64(21-4-1)66-38-46-73(47-39-66)103-89-32-13-7-26-78(89)84-59-68(42-52-94(84)103)70-44-54-96-86(61-70)80-28-9-15-34-91(80)106(96)76-50-56-97-88(63-76)82-30-10-16-35-92(82)105(97)75-25-19-24-72(58-75)77-51-57-99(102-101(77)83-31-12-18-37-100(83)108-102)107-93-36-17-11-29-81(93)87-62-71(45-55-98(87)107)69-43-53-95-85(60-69)79-27-8-14-33-90(79)104(95)74-48-40-67(41-49-74)65-22-5-2-6-23-65/h1-63H. The molecule has 0 atom stereocenters. The number of aromatic nitrogens is 5. The summed E-state index contributed by atoms with van der Waals surface area (Å²) in [6.07, 6.45) is 0.